The van der Waals surface area contributed by atoms with Gasteiger partial charge in [0.1, 0.15) is 0 Å². The van der Waals surface area contributed by atoms with Gasteiger partial charge in [0.15, 0.2) is 0 Å². The molecule has 0 atom stereocenters. The van der Waals surface area contributed by atoms with E-state index in [1.807, 2.05) is 0 Å². The van der Waals surface area contributed by atoms with Crippen LogP contribution in [0.15, 0.2) is 5.10 Å². The van der Waals surface area contributed by atoms with Gasteiger partial charge in [0.25, 0.3) is 0 Å². The standard InChI is InChI=1S/C14H26N2O/c1-10(2)13(11(3)4)15-16-14(17)12-8-6-5-7-9-12/h10-12H,5-9H2,1-4H3,(H,16,17). The van der Waals surface area contributed by atoms with E-state index in [9.17, 15) is 4.79 Å². The lowest BCUT2D eigenvalue weighted by Gasteiger charge is -2.20. The van der Waals surface area contributed by atoms with Gasteiger partial charge in [-0.05, 0) is 24.7 Å². The maximum absolute atomic E-state index is 11.9. The Balaban J connectivity index is 2.52. The van der Waals surface area contributed by atoms with E-state index in [-0.39, 0.29) is 11.8 Å². The zero-order chi connectivity index (χ0) is 12.8. The molecule has 0 unspecified atom stereocenters. The minimum absolute atomic E-state index is 0.114. The average molecular weight is 238 g/mol. The van der Waals surface area contributed by atoms with Crippen molar-refractivity contribution in [1.29, 1.82) is 0 Å². The molecule has 0 aromatic rings. The number of amides is 1. The Kier molecular flexibility index (Phi) is 5.66. The zero-order valence-electron chi connectivity index (χ0n) is 11.6. The molecule has 3 heteroatoms. The number of nitrogens with one attached hydrogen (secondary N) is 1. The number of carbonyl (C=O) groups excluding carboxylic acids is 1. The molecule has 0 spiro atoms. The Bertz CT molecular complexity index is 266. The first kappa shape index (κ1) is 14.2. The van der Waals surface area contributed by atoms with Crippen molar-refractivity contribution in [2.75, 3.05) is 0 Å². The quantitative estimate of drug-likeness (QED) is 0.592. The van der Waals surface area contributed by atoms with E-state index < -0.39 is 0 Å². The highest BCUT2D eigenvalue weighted by molar-refractivity contribution is 5.89. The third kappa shape index (κ3) is 4.49. The summed E-state index contributed by atoms with van der Waals surface area (Å²) in [5.41, 5.74) is 3.84. The maximum Gasteiger partial charge on any atom is 0.243 e. The van der Waals surface area contributed by atoms with E-state index >= 15 is 0 Å². The van der Waals surface area contributed by atoms with Crippen molar-refractivity contribution >= 4 is 11.6 Å². The number of carbonyl (C=O) groups is 1. The molecule has 98 valence electrons. The van der Waals surface area contributed by atoms with Crippen LogP contribution in [0.25, 0.3) is 0 Å². The summed E-state index contributed by atoms with van der Waals surface area (Å²) < 4.78 is 0. The van der Waals surface area contributed by atoms with Gasteiger partial charge in [0, 0.05) is 11.6 Å². The lowest BCUT2D eigenvalue weighted by Crippen LogP contribution is -2.30. The van der Waals surface area contributed by atoms with Crippen molar-refractivity contribution in [3.05, 3.63) is 0 Å². The molecule has 1 amide bonds. The Morgan fingerprint density at radius 1 is 1.06 bits per heavy atom. The van der Waals surface area contributed by atoms with Crippen LogP contribution in [0.3, 0.4) is 0 Å². The van der Waals surface area contributed by atoms with E-state index in [4.69, 9.17) is 0 Å². The van der Waals surface area contributed by atoms with E-state index in [0.717, 1.165) is 18.6 Å². The lowest BCUT2D eigenvalue weighted by molar-refractivity contribution is -0.125. The van der Waals surface area contributed by atoms with Crippen LogP contribution in [0.2, 0.25) is 0 Å². The Hall–Kier alpha value is -0.860. The summed E-state index contributed by atoms with van der Waals surface area (Å²) in [4.78, 5) is 11.9. The van der Waals surface area contributed by atoms with Crippen molar-refractivity contribution in [3.63, 3.8) is 0 Å². The maximum atomic E-state index is 11.9. The zero-order valence-corrected chi connectivity index (χ0v) is 11.6. The second kappa shape index (κ2) is 6.77. The van der Waals surface area contributed by atoms with Crippen molar-refractivity contribution in [1.82, 2.24) is 5.43 Å². The molecule has 17 heavy (non-hydrogen) atoms. The van der Waals surface area contributed by atoms with Crippen LogP contribution >= 0.6 is 0 Å². The molecule has 1 aliphatic rings. The summed E-state index contributed by atoms with van der Waals surface area (Å²) in [7, 11) is 0. The first-order valence-corrected chi connectivity index (χ1v) is 6.89. The normalized spacial score (nSPS) is 17.3. The Morgan fingerprint density at radius 2 is 1.59 bits per heavy atom. The van der Waals surface area contributed by atoms with Crippen molar-refractivity contribution in [2.24, 2.45) is 22.9 Å². The second-order valence-electron chi connectivity index (χ2n) is 5.66. The van der Waals surface area contributed by atoms with Gasteiger partial charge in [-0.1, -0.05) is 47.0 Å². The lowest BCUT2D eigenvalue weighted by atomic mass is 9.89. The van der Waals surface area contributed by atoms with Gasteiger partial charge in [-0.3, -0.25) is 4.79 Å². The molecule has 0 aliphatic heterocycles. The van der Waals surface area contributed by atoms with Gasteiger partial charge in [-0.2, -0.15) is 5.10 Å². The molecule has 0 radical (unpaired) electrons. The van der Waals surface area contributed by atoms with Crippen molar-refractivity contribution in [3.8, 4) is 0 Å². The Morgan fingerprint density at radius 3 is 2.06 bits per heavy atom. The van der Waals surface area contributed by atoms with Gasteiger partial charge >= 0.3 is 0 Å². The fourth-order valence-electron chi connectivity index (χ4n) is 2.50. The van der Waals surface area contributed by atoms with Gasteiger partial charge in [0.2, 0.25) is 5.91 Å². The monoisotopic (exact) mass is 238 g/mol. The van der Waals surface area contributed by atoms with Crippen molar-refractivity contribution < 1.29 is 4.79 Å². The van der Waals surface area contributed by atoms with Gasteiger partial charge in [0.05, 0.1) is 0 Å². The predicted molar refractivity (Wildman–Crippen MR) is 71.8 cm³/mol. The van der Waals surface area contributed by atoms with Crippen LogP contribution in [-0.2, 0) is 4.79 Å². The summed E-state index contributed by atoms with van der Waals surface area (Å²) >= 11 is 0. The highest BCUT2D eigenvalue weighted by atomic mass is 16.2. The summed E-state index contributed by atoms with van der Waals surface area (Å²) in [6.45, 7) is 8.47. The highest BCUT2D eigenvalue weighted by Gasteiger charge is 2.21. The molecule has 1 N–H and O–H groups in total. The van der Waals surface area contributed by atoms with E-state index in [2.05, 4.69) is 38.2 Å². The summed E-state index contributed by atoms with van der Waals surface area (Å²) in [5, 5.41) is 4.31. The van der Waals surface area contributed by atoms with Gasteiger partial charge in [-0.25, -0.2) is 5.43 Å². The molecular formula is C14H26N2O. The van der Waals surface area contributed by atoms with Crippen LogP contribution < -0.4 is 5.43 Å². The molecule has 1 rings (SSSR count). The minimum atomic E-state index is 0.114. The molecule has 0 bridgehead atoms. The molecule has 0 aromatic heterocycles. The topological polar surface area (TPSA) is 41.5 Å². The van der Waals surface area contributed by atoms with Crippen LogP contribution in [0.4, 0.5) is 0 Å². The molecular weight excluding hydrogens is 212 g/mol. The van der Waals surface area contributed by atoms with E-state index in [1.165, 1.54) is 19.3 Å². The molecule has 1 fully saturated rings. The number of hydrogen-bond acceptors (Lipinski definition) is 2. The van der Waals surface area contributed by atoms with Crippen molar-refractivity contribution in [2.45, 2.75) is 59.8 Å². The molecule has 0 aromatic carbocycles. The molecule has 0 saturated heterocycles. The second-order valence-corrected chi connectivity index (χ2v) is 5.66. The number of rotatable bonds is 4. The summed E-state index contributed by atoms with van der Waals surface area (Å²) in [6, 6.07) is 0. The number of hydrogen-bond donors (Lipinski definition) is 1. The van der Waals surface area contributed by atoms with Crippen LogP contribution in [0.5, 0.6) is 0 Å². The van der Waals surface area contributed by atoms with Crippen LogP contribution in [-0.4, -0.2) is 11.6 Å². The van der Waals surface area contributed by atoms with E-state index in [0.29, 0.717) is 11.8 Å². The highest BCUT2D eigenvalue weighted by Crippen LogP contribution is 2.23. The van der Waals surface area contributed by atoms with Crippen LogP contribution in [0.1, 0.15) is 59.8 Å². The molecule has 1 aliphatic carbocycles. The predicted octanol–water partition coefficient (Wildman–Crippen LogP) is 3.35. The number of nitrogens with zero attached hydrogens (tertiary/aromatic N) is 1. The summed E-state index contributed by atoms with van der Waals surface area (Å²) in [5.74, 6) is 1.08. The molecule has 1 saturated carbocycles. The first-order valence-electron chi connectivity index (χ1n) is 6.89. The smallest absolute Gasteiger partial charge is 0.243 e. The first-order chi connectivity index (χ1) is 8.02. The SMILES string of the molecule is CC(C)C(=NNC(=O)C1CCCCC1)C(C)C. The number of hydrazone groups is 1. The van der Waals surface area contributed by atoms with E-state index in [1.54, 1.807) is 0 Å². The fraction of sp³-hybridized carbons (Fsp3) is 0.857. The average Bonchev–Trinajstić information content (AvgIpc) is 2.29. The van der Waals surface area contributed by atoms with Gasteiger partial charge < -0.3 is 0 Å². The molecule has 0 heterocycles. The fourth-order valence-corrected chi connectivity index (χ4v) is 2.50. The molecule has 3 nitrogen and oxygen atoms in total. The third-order valence-corrected chi connectivity index (χ3v) is 3.45. The third-order valence-electron chi connectivity index (χ3n) is 3.45. The Labute approximate surface area is 105 Å². The minimum Gasteiger partial charge on any atom is -0.273 e. The van der Waals surface area contributed by atoms with Gasteiger partial charge in [-0.15, -0.1) is 0 Å². The van der Waals surface area contributed by atoms with Crippen LogP contribution in [0, 0.1) is 17.8 Å². The summed E-state index contributed by atoms with van der Waals surface area (Å²) in [6.07, 6.45) is 5.70. The largest absolute Gasteiger partial charge is 0.273 e.